The zero-order valence-corrected chi connectivity index (χ0v) is 24.8. The molecule has 1 fully saturated rings. The first-order valence-corrected chi connectivity index (χ1v) is 15.0. The Morgan fingerprint density at radius 1 is 0.682 bits per heavy atom. The number of amides is 2. The van der Waals surface area contributed by atoms with Crippen LogP contribution in [0.2, 0.25) is 0 Å². The van der Waals surface area contributed by atoms with Crippen LogP contribution in [0, 0.1) is 0 Å². The zero-order valence-electron chi connectivity index (χ0n) is 24.8. The highest BCUT2D eigenvalue weighted by Crippen LogP contribution is 2.31. The molecule has 1 aliphatic heterocycles. The highest BCUT2D eigenvalue weighted by Gasteiger charge is 2.24. The lowest BCUT2D eigenvalue weighted by molar-refractivity contribution is 0.0953. The molecular formula is C37H36N4O3. The molecule has 5 aromatic carbocycles. The average Bonchev–Trinajstić information content (AvgIpc) is 3.08. The fourth-order valence-corrected chi connectivity index (χ4v) is 5.74. The molecule has 0 aliphatic carbocycles. The number of hydrogen-bond donors (Lipinski definition) is 2. The number of ether oxygens (including phenoxy) is 1. The van der Waals surface area contributed by atoms with Crippen LogP contribution >= 0.6 is 0 Å². The molecule has 2 amide bonds. The van der Waals surface area contributed by atoms with Crippen LogP contribution in [0.1, 0.15) is 26.3 Å². The Hall–Kier alpha value is -5.30. The number of fused-ring (bicyclic) bond motifs is 1. The first-order valence-electron chi connectivity index (χ1n) is 15.0. The Kier molecular flexibility index (Phi) is 8.73. The SMILES string of the molecule is COc1ccccc1N1CCN(c2ccc(NC(=O)c3ccc4ccccc4c3)cc2C(=O)NCCc2ccccc2)CC1. The largest absolute Gasteiger partial charge is 0.495 e. The van der Waals surface area contributed by atoms with E-state index in [0.29, 0.717) is 23.4 Å². The van der Waals surface area contributed by atoms with E-state index in [-0.39, 0.29) is 11.8 Å². The lowest BCUT2D eigenvalue weighted by Crippen LogP contribution is -2.47. The van der Waals surface area contributed by atoms with Crippen LogP contribution in [0.15, 0.2) is 115 Å². The smallest absolute Gasteiger partial charge is 0.255 e. The molecule has 5 aromatic rings. The van der Waals surface area contributed by atoms with Crippen LogP contribution in [0.3, 0.4) is 0 Å². The predicted molar refractivity (Wildman–Crippen MR) is 178 cm³/mol. The number of carbonyl (C=O) groups is 2. The van der Waals surface area contributed by atoms with Crippen molar-refractivity contribution in [3.8, 4) is 5.75 Å². The average molecular weight is 585 g/mol. The van der Waals surface area contributed by atoms with Crippen molar-refractivity contribution >= 4 is 39.6 Å². The van der Waals surface area contributed by atoms with E-state index in [4.69, 9.17) is 4.74 Å². The van der Waals surface area contributed by atoms with E-state index in [1.54, 1.807) is 13.2 Å². The number of para-hydroxylation sites is 2. The molecule has 222 valence electrons. The molecule has 2 N–H and O–H groups in total. The first-order chi connectivity index (χ1) is 21.6. The van der Waals surface area contributed by atoms with Crippen LogP contribution in [-0.4, -0.2) is 51.6 Å². The lowest BCUT2D eigenvalue weighted by atomic mass is 10.1. The standard InChI is InChI=1S/C37H36N4O3/c1-44-35-14-8-7-13-34(35)41-23-21-40(22-24-41)33-18-17-31(26-32(33)37(43)38-20-19-27-9-3-2-4-10-27)39-36(42)30-16-15-28-11-5-6-12-29(28)25-30/h2-18,25-26H,19-24H2,1H3,(H,38,43)(H,39,42). The van der Waals surface area contributed by atoms with Crippen LogP contribution in [0.4, 0.5) is 17.1 Å². The van der Waals surface area contributed by atoms with Crippen LogP contribution in [0.5, 0.6) is 5.75 Å². The number of carbonyl (C=O) groups excluding carboxylic acids is 2. The van der Waals surface area contributed by atoms with Gasteiger partial charge in [0.05, 0.1) is 18.4 Å². The van der Waals surface area contributed by atoms with Crippen molar-refractivity contribution in [3.05, 3.63) is 132 Å². The summed E-state index contributed by atoms with van der Waals surface area (Å²) in [6, 6.07) is 37.4. The van der Waals surface area contributed by atoms with E-state index >= 15 is 0 Å². The van der Waals surface area contributed by atoms with E-state index < -0.39 is 0 Å². The second-order valence-corrected chi connectivity index (χ2v) is 10.9. The zero-order chi connectivity index (χ0) is 30.3. The molecule has 44 heavy (non-hydrogen) atoms. The summed E-state index contributed by atoms with van der Waals surface area (Å²) in [5.74, 6) is 0.472. The van der Waals surface area contributed by atoms with Gasteiger partial charge in [0.25, 0.3) is 11.8 Å². The Morgan fingerprint density at radius 3 is 2.14 bits per heavy atom. The molecule has 6 rings (SSSR count). The molecule has 0 bridgehead atoms. The van der Waals surface area contributed by atoms with Gasteiger partial charge in [-0.1, -0.05) is 72.8 Å². The van der Waals surface area contributed by atoms with Crippen molar-refractivity contribution in [2.75, 3.05) is 55.0 Å². The van der Waals surface area contributed by atoms with Gasteiger partial charge < -0.3 is 25.2 Å². The molecule has 0 saturated carbocycles. The monoisotopic (exact) mass is 584 g/mol. The number of piperazine rings is 1. The molecule has 1 heterocycles. The number of anilines is 3. The Bertz CT molecular complexity index is 1760. The van der Waals surface area contributed by atoms with Gasteiger partial charge in [0.1, 0.15) is 5.75 Å². The topological polar surface area (TPSA) is 73.9 Å². The summed E-state index contributed by atoms with van der Waals surface area (Å²) in [6.45, 7) is 3.57. The van der Waals surface area contributed by atoms with Gasteiger partial charge >= 0.3 is 0 Å². The molecule has 7 nitrogen and oxygen atoms in total. The minimum atomic E-state index is -0.218. The summed E-state index contributed by atoms with van der Waals surface area (Å²) in [6.07, 6.45) is 0.734. The maximum absolute atomic E-state index is 13.6. The number of methoxy groups -OCH3 is 1. The molecule has 0 radical (unpaired) electrons. The van der Waals surface area contributed by atoms with E-state index in [2.05, 4.69) is 38.6 Å². The fraction of sp³-hybridized carbons (Fsp3) is 0.189. The predicted octanol–water partition coefficient (Wildman–Crippen LogP) is 6.40. The number of nitrogens with zero attached hydrogens (tertiary/aromatic N) is 2. The van der Waals surface area contributed by atoms with E-state index in [9.17, 15) is 9.59 Å². The minimum Gasteiger partial charge on any atom is -0.495 e. The Labute approximate surface area is 258 Å². The molecular weight excluding hydrogens is 548 g/mol. The van der Waals surface area contributed by atoms with Crippen LogP contribution < -0.4 is 25.2 Å². The van der Waals surface area contributed by atoms with Gasteiger partial charge in [-0.15, -0.1) is 0 Å². The van der Waals surface area contributed by atoms with Gasteiger partial charge in [0, 0.05) is 49.7 Å². The lowest BCUT2D eigenvalue weighted by Gasteiger charge is -2.38. The number of hydrogen-bond acceptors (Lipinski definition) is 5. The molecule has 0 aromatic heterocycles. The normalized spacial score (nSPS) is 13.0. The Morgan fingerprint density at radius 2 is 1.36 bits per heavy atom. The van der Waals surface area contributed by atoms with E-state index in [1.165, 1.54) is 0 Å². The summed E-state index contributed by atoms with van der Waals surface area (Å²) in [4.78, 5) is 31.4. The Balaban J connectivity index is 1.21. The van der Waals surface area contributed by atoms with Gasteiger partial charge in [0.2, 0.25) is 0 Å². The third kappa shape index (κ3) is 6.52. The molecule has 0 atom stereocenters. The number of nitrogens with one attached hydrogen (secondary N) is 2. The summed E-state index contributed by atoms with van der Waals surface area (Å²) in [7, 11) is 1.69. The summed E-state index contributed by atoms with van der Waals surface area (Å²) in [5.41, 5.74) is 4.77. The maximum Gasteiger partial charge on any atom is 0.255 e. The second-order valence-electron chi connectivity index (χ2n) is 10.9. The molecule has 0 unspecified atom stereocenters. The third-order valence-electron chi connectivity index (χ3n) is 8.10. The maximum atomic E-state index is 13.6. The van der Waals surface area contributed by atoms with E-state index in [1.807, 2.05) is 91.0 Å². The molecule has 0 spiro atoms. The van der Waals surface area contributed by atoms with Gasteiger partial charge in [0.15, 0.2) is 0 Å². The van der Waals surface area contributed by atoms with E-state index in [0.717, 1.165) is 66.1 Å². The summed E-state index contributed by atoms with van der Waals surface area (Å²) in [5, 5.41) is 8.19. The molecule has 1 saturated heterocycles. The minimum absolute atomic E-state index is 0.162. The van der Waals surface area contributed by atoms with Crippen molar-refractivity contribution in [3.63, 3.8) is 0 Å². The van der Waals surface area contributed by atoms with Crippen molar-refractivity contribution in [2.24, 2.45) is 0 Å². The number of rotatable bonds is 9. The number of benzene rings is 5. The van der Waals surface area contributed by atoms with Gasteiger partial charge in [-0.3, -0.25) is 9.59 Å². The summed E-state index contributed by atoms with van der Waals surface area (Å²) < 4.78 is 5.59. The highest BCUT2D eigenvalue weighted by molar-refractivity contribution is 6.08. The highest BCUT2D eigenvalue weighted by atomic mass is 16.5. The van der Waals surface area contributed by atoms with Crippen molar-refractivity contribution in [1.29, 1.82) is 0 Å². The van der Waals surface area contributed by atoms with Crippen molar-refractivity contribution < 1.29 is 14.3 Å². The van der Waals surface area contributed by atoms with Crippen molar-refractivity contribution in [2.45, 2.75) is 6.42 Å². The quantitative estimate of drug-likeness (QED) is 0.210. The summed E-state index contributed by atoms with van der Waals surface area (Å²) >= 11 is 0. The fourth-order valence-electron chi connectivity index (χ4n) is 5.74. The first kappa shape index (κ1) is 28.8. The van der Waals surface area contributed by atoms with Gasteiger partial charge in [-0.25, -0.2) is 0 Å². The van der Waals surface area contributed by atoms with Crippen LogP contribution in [-0.2, 0) is 6.42 Å². The third-order valence-corrected chi connectivity index (χ3v) is 8.10. The second kappa shape index (κ2) is 13.3. The van der Waals surface area contributed by atoms with Crippen LogP contribution in [0.25, 0.3) is 10.8 Å². The molecule has 1 aliphatic rings. The molecule has 7 heteroatoms. The van der Waals surface area contributed by atoms with Crippen molar-refractivity contribution in [1.82, 2.24) is 5.32 Å². The van der Waals surface area contributed by atoms with Gasteiger partial charge in [-0.2, -0.15) is 0 Å². The van der Waals surface area contributed by atoms with Gasteiger partial charge in [-0.05, 0) is 65.2 Å².